The smallest absolute Gasteiger partial charge is 0.197 e. The third-order valence-corrected chi connectivity index (χ3v) is 4.77. The first kappa shape index (κ1) is 16.8. The molecule has 1 unspecified atom stereocenters. The number of anilines is 1. The van der Waals surface area contributed by atoms with Gasteiger partial charge in [-0.1, -0.05) is 6.92 Å². The van der Waals surface area contributed by atoms with Crippen molar-refractivity contribution in [3.63, 3.8) is 0 Å². The lowest BCUT2D eigenvalue weighted by atomic mass is 10.1. The molecule has 26 heavy (non-hydrogen) atoms. The summed E-state index contributed by atoms with van der Waals surface area (Å²) in [5.41, 5.74) is 3.46. The molecule has 0 amide bonds. The van der Waals surface area contributed by atoms with E-state index in [1.165, 1.54) is 5.56 Å². The van der Waals surface area contributed by atoms with Crippen LogP contribution in [0.25, 0.3) is 11.6 Å². The van der Waals surface area contributed by atoms with E-state index in [0.717, 1.165) is 49.4 Å². The molecule has 0 saturated heterocycles. The van der Waals surface area contributed by atoms with Crippen molar-refractivity contribution in [3.05, 3.63) is 47.6 Å². The molecule has 0 spiro atoms. The lowest BCUT2D eigenvalue weighted by Crippen LogP contribution is -2.16. The Morgan fingerprint density at radius 3 is 2.92 bits per heavy atom. The number of hydrogen-bond acceptors (Lipinski definition) is 6. The zero-order valence-electron chi connectivity index (χ0n) is 15.2. The van der Waals surface area contributed by atoms with Gasteiger partial charge in [0.15, 0.2) is 11.6 Å². The average Bonchev–Trinajstić information content (AvgIpc) is 3.27. The summed E-state index contributed by atoms with van der Waals surface area (Å²) in [5.74, 6) is 2.24. The molecule has 3 aromatic heterocycles. The maximum absolute atomic E-state index is 5.53. The van der Waals surface area contributed by atoms with Crippen molar-refractivity contribution in [2.24, 2.45) is 7.05 Å². The summed E-state index contributed by atoms with van der Waals surface area (Å²) >= 11 is 0. The summed E-state index contributed by atoms with van der Waals surface area (Å²) in [7, 11) is 1.94. The molecular weight excluding hydrogens is 328 g/mol. The maximum atomic E-state index is 5.53. The van der Waals surface area contributed by atoms with Crippen molar-refractivity contribution in [2.45, 2.75) is 32.2 Å². The molecule has 0 bridgehead atoms. The van der Waals surface area contributed by atoms with Crippen LogP contribution in [0, 0.1) is 0 Å². The van der Waals surface area contributed by atoms with E-state index in [2.05, 4.69) is 28.9 Å². The van der Waals surface area contributed by atoms with Crippen LogP contribution in [0.1, 0.15) is 36.2 Å². The topological polar surface area (TPSA) is 80.8 Å². The molecule has 0 fully saturated rings. The first-order valence-electron chi connectivity index (χ1n) is 9.14. The number of rotatable bonds is 5. The van der Waals surface area contributed by atoms with Crippen molar-refractivity contribution >= 4 is 5.82 Å². The number of aryl methyl sites for hydroxylation is 1. The minimum atomic E-state index is 0.156. The van der Waals surface area contributed by atoms with E-state index in [0.29, 0.717) is 11.6 Å². The molecule has 0 radical (unpaired) electrons. The Hall–Kier alpha value is -2.67. The quantitative estimate of drug-likeness (QED) is 0.735. The number of fused-ring (bicyclic) bond motifs is 1. The normalized spacial score (nSPS) is 15.3. The highest BCUT2D eigenvalue weighted by Crippen LogP contribution is 2.28. The number of hydrogen-bond donors (Lipinski definition) is 2. The van der Waals surface area contributed by atoms with Crippen molar-refractivity contribution in [1.29, 1.82) is 0 Å². The highest BCUT2D eigenvalue weighted by atomic mass is 16.3. The van der Waals surface area contributed by atoms with Crippen LogP contribution in [0.4, 0.5) is 5.82 Å². The molecule has 4 rings (SSSR count). The van der Waals surface area contributed by atoms with Crippen LogP contribution in [0.2, 0.25) is 0 Å². The minimum absolute atomic E-state index is 0.156. The highest BCUT2D eigenvalue weighted by Gasteiger charge is 2.21. The Bertz CT molecular complexity index is 870. The summed E-state index contributed by atoms with van der Waals surface area (Å²) in [6, 6.07) is 3.92. The van der Waals surface area contributed by atoms with Gasteiger partial charge in [-0.2, -0.15) is 5.10 Å². The molecule has 136 valence electrons. The molecule has 3 aromatic rings. The molecule has 7 heteroatoms. The molecule has 0 aliphatic carbocycles. The van der Waals surface area contributed by atoms with Crippen LogP contribution in [-0.4, -0.2) is 32.8 Å². The van der Waals surface area contributed by atoms with E-state index in [4.69, 9.17) is 14.4 Å². The van der Waals surface area contributed by atoms with Crippen molar-refractivity contribution in [2.75, 3.05) is 18.4 Å². The number of nitrogens with zero attached hydrogens (tertiary/aromatic N) is 4. The van der Waals surface area contributed by atoms with E-state index in [1.807, 2.05) is 30.1 Å². The Kier molecular flexibility index (Phi) is 4.71. The van der Waals surface area contributed by atoms with Gasteiger partial charge in [0.2, 0.25) is 0 Å². The van der Waals surface area contributed by atoms with Crippen molar-refractivity contribution in [1.82, 2.24) is 25.1 Å². The fourth-order valence-corrected chi connectivity index (χ4v) is 3.39. The molecule has 2 N–H and O–H groups in total. The van der Waals surface area contributed by atoms with Gasteiger partial charge in [0.25, 0.3) is 0 Å². The molecule has 4 heterocycles. The highest BCUT2D eigenvalue weighted by molar-refractivity contribution is 5.57. The molecule has 0 saturated carbocycles. The SMILES string of the molecule is CCC(Nc1nc(-c2ccco2)nc2c1CCNCC2)c1cnn(C)c1. The van der Waals surface area contributed by atoms with Crippen LogP contribution >= 0.6 is 0 Å². The predicted molar refractivity (Wildman–Crippen MR) is 99.9 cm³/mol. The van der Waals surface area contributed by atoms with Crippen LogP contribution in [0.3, 0.4) is 0 Å². The average molecular weight is 352 g/mol. The molecule has 1 atom stereocenters. The lowest BCUT2D eigenvalue weighted by Gasteiger charge is -2.20. The molecule has 1 aliphatic rings. The Balaban J connectivity index is 1.74. The zero-order valence-corrected chi connectivity index (χ0v) is 15.2. The Morgan fingerprint density at radius 1 is 1.31 bits per heavy atom. The second kappa shape index (κ2) is 7.29. The van der Waals surface area contributed by atoms with Gasteiger partial charge in [-0.3, -0.25) is 4.68 Å². The second-order valence-corrected chi connectivity index (χ2v) is 6.60. The Morgan fingerprint density at radius 2 is 2.19 bits per heavy atom. The largest absolute Gasteiger partial charge is 0.461 e. The molecule has 7 nitrogen and oxygen atoms in total. The van der Waals surface area contributed by atoms with Gasteiger partial charge < -0.3 is 15.1 Å². The standard InChI is InChI=1S/C19H24N6O/c1-3-15(13-11-21-25(2)12-13)22-18-14-6-8-20-9-7-16(14)23-19(24-18)17-5-4-10-26-17/h4-5,10-12,15,20H,3,6-9H2,1-2H3,(H,22,23,24). The van der Waals surface area contributed by atoms with Crippen LogP contribution in [-0.2, 0) is 19.9 Å². The monoisotopic (exact) mass is 352 g/mol. The van der Waals surface area contributed by atoms with E-state index < -0.39 is 0 Å². The first-order valence-corrected chi connectivity index (χ1v) is 9.14. The van der Waals surface area contributed by atoms with Crippen LogP contribution < -0.4 is 10.6 Å². The fourth-order valence-electron chi connectivity index (χ4n) is 3.39. The summed E-state index contributed by atoms with van der Waals surface area (Å²) in [6.07, 6.45) is 8.37. The third kappa shape index (κ3) is 3.35. The van der Waals surface area contributed by atoms with E-state index in [-0.39, 0.29) is 6.04 Å². The Labute approximate surface area is 152 Å². The number of furan rings is 1. The van der Waals surface area contributed by atoms with Crippen molar-refractivity contribution in [3.8, 4) is 11.6 Å². The fraction of sp³-hybridized carbons (Fsp3) is 0.421. The molecule has 1 aliphatic heterocycles. The van der Waals surface area contributed by atoms with Crippen LogP contribution in [0.5, 0.6) is 0 Å². The van der Waals surface area contributed by atoms with Gasteiger partial charge in [-0.05, 0) is 31.5 Å². The number of aromatic nitrogens is 4. The van der Waals surface area contributed by atoms with Gasteiger partial charge in [0.1, 0.15) is 5.82 Å². The lowest BCUT2D eigenvalue weighted by molar-refractivity contribution is 0.576. The summed E-state index contributed by atoms with van der Waals surface area (Å²) in [5, 5.41) is 11.4. The zero-order chi connectivity index (χ0) is 17.9. The van der Waals surface area contributed by atoms with Crippen LogP contribution in [0.15, 0.2) is 35.2 Å². The van der Waals surface area contributed by atoms with Gasteiger partial charge >= 0.3 is 0 Å². The first-order chi connectivity index (χ1) is 12.7. The van der Waals surface area contributed by atoms with Gasteiger partial charge in [0.05, 0.1) is 24.2 Å². The van der Waals surface area contributed by atoms with Gasteiger partial charge in [-0.15, -0.1) is 0 Å². The van der Waals surface area contributed by atoms with E-state index in [9.17, 15) is 0 Å². The number of nitrogens with one attached hydrogen (secondary N) is 2. The van der Waals surface area contributed by atoms with E-state index >= 15 is 0 Å². The summed E-state index contributed by atoms with van der Waals surface area (Å²) in [6.45, 7) is 4.04. The van der Waals surface area contributed by atoms with E-state index in [1.54, 1.807) is 6.26 Å². The molecule has 0 aromatic carbocycles. The summed E-state index contributed by atoms with van der Waals surface area (Å²) < 4.78 is 7.37. The minimum Gasteiger partial charge on any atom is -0.461 e. The second-order valence-electron chi connectivity index (χ2n) is 6.60. The van der Waals surface area contributed by atoms with Gasteiger partial charge in [-0.25, -0.2) is 9.97 Å². The van der Waals surface area contributed by atoms with Crippen molar-refractivity contribution < 1.29 is 4.42 Å². The molecular formula is C19H24N6O. The maximum Gasteiger partial charge on any atom is 0.197 e. The third-order valence-electron chi connectivity index (χ3n) is 4.77. The van der Waals surface area contributed by atoms with Gasteiger partial charge in [0, 0.05) is 37.3 Å². The summed E-state index contributed by atoms with van der Waals surface area (Å²) in [4.78, 5) is 9.60. The predicted octanol–water partition coefficient (Wildman–Crippen LogP) is 2.72.